The third kappa shape index (κ3) is 4.32. The first-order chi connectivity index (χ1) is 12.8. The van der Waals surface area contributed by atoms with Crippen molar-refractivity contribution >= 4 is 30.3 Å². The standard InChI is InChI=1S/C23H31ClO2Si/c1-18-15-22(24)19(16-25-18)17-26-27(23(2,3)4,20-11-7-5-8-12-20)21-13-9-6-10-14-21/h5-14,18-19,22H,15-17H2,1-4H3/t18-,19-,22+/m1/s1. The monoisotopic (exact) mass is 402 g/mol. The Balaban J connectivity index is 1.99. The van der Waals surface area contributed by atoms with Gasteiger partial charge in [-0.25, -0.2) is 0 Å². The highest BCUT2D eigenvalue weighted by Crippen LogP contribution is 2.37. The summed E-state index contributed by atoms with van der Waals surface area (Å²) in [5.74, 6) is 0.226. The van der Waals surface area contributed by atoms with Gasteiger partial charge >= 0.3 is 0 Å². The molecule has 0 radical (unpaired) electrons. The number of benzene rings is 2. The van der Waals surface area contributed by atoms with E-state index in [0.717, 1.165) is 6.42 Å². The summed E-state index contributed by atoms with van der Waals surface area (Å²) in [4.78, 5) is 0. The molecular weight excluding hydrogens is 372 g/mol. The number of alkyl halides is 1. The van der Waals surface area contributed by atoms with Gasteiger partial charge < -0.3 is 9.16 Å². The lowest BCUT2D eigenvalue weighted by Crippen LogP contribution is -2.67. The molecule has 1 fully saturated rings. The molecule has 0 amide bonds. The molecule has 27 heavy (non-hydrogen) atoms. The van der Waals surface area contributed by atoms with E-state index in [2.05, 4.69) is 88.4 Å². The molecule has 0 aliphatic carbocycles. The van der Waals surface area contributed by atoms with Gasteiger partial charge in [0, 0.05) is 17.9 Å². The quantitative estimate of drug-likeness (QED) is 0.537. The van der Waals surface area contributed by atoms with Crippen molar-refractivity contribution in [2.45, 2.75) is 50.6 Å². The minimum atomic E-state index is -2.49. The fraction of sp³-hybridized carbons (Fsp3) is 0.478. The second kappa shape index (κ2) is 8.48. The molecule has 0 aromatic heterocycles. The van der Waals surface area contributed by atoms with Crippen LogP contribution in [0.3, 0.4) is 0 Å². The van der Waals surface area contributed by atoms with E-state index in [1.807, 2.05) is 0 Å². The lowest BCUT2D eigenvalue weighted by atomic mass is 9.99. The van der Waals surface area contributed by atoms with Gasteiger partial charge in [0.2, 0.25) is 0 Å². The normalized spacial score (nSPS) is 24.0. The number of hydrogen-bond donors (Lipinski definition) is 0. The molecule has 0 bridgehead atoms. The summed E-state index contributed by atoms with van der Waals surface area (Å²) in [5, 5.41) is 2.70. The maximum atomic E-state index is 6.99. The minimum absolute atomic E-state index is 0.0136. The van der Waals surface area contributed by atoms with Crippen LogP contribution in [0.2, 0.25) is 5.04 Å². The number of halogens is 1. The van der Waals surface area contributed by atoms with Crippen LogP contribution in [0, 0.1) is 5.92 Å². The number of ether oxygens (including phenoxy) is 1. The first kappa shape index (κ1) is 20.6. The Hall–Kier alpha value is -1.13. The van der Waals surface area contributed by atoms with E-state index in [4.69, 9.17) is 20.8 Å². The molecule has 1 heterocycles. The summed E-state index contributed by atoms with van der Waals surface area (Å²) in [6.45, 7) is 10.3. The van der Waals surface area contributed by atoms with Crippen molar-refractivity contribution in [3.05, 3.63) is 60.7 Å². The molecular formula is C23H31ClO2Si. The predicted octanol–water partition coefficient (Wildman–Crippen LogP) is 4.60. The lowest BCUT2D eigenvalue weighted by molar-refractivity contribution is -0.0156. The van der Waals surface area contributed by atoms with E-state index in [9.17, 15) is 0 Å². The van der Waals surface area contributed by atoms with Crippen LogP contribution in [0.15, 0.2) is 60.7 Å². The lowest BCUT2D eigenvalue weighted by Gasteiger charge is -2.44. The smallest absolute Gasteiger partial charge is 0.261 e. The van der Waals surface area contributed by atoms with Crippen molar-refractivity contribution in [3.63, 3.8) is 0 Å². The third-order valence-corrected chi connectivity index (χ3v) is 11.1. The average Bonchev–Trinajstić information content (AvgIpc) is 2.64. The average molecular weight is 403 g/mol. The Labute approximate surface area is 170 Å². The highest BCUT2D eigenvalue weighted by molar-refractivity contribution is 6.99. The summed E-state index contributed by atoms with van der Waals surface area (Å²) >= 11 is 6.67. The molecule has 2 nitrogen and oxygen atoms in total. The first-order valence-corrected chi connectivity index (χ1v) is 12.2. The Morgan fingerprint density at radius 3 is 1.96 bits per heavy atom. The highest BCUT2D eigenvalue weighted by atomic mass is 35.5. The van der Waals surface area contributed by atoms with Crippen LogP contribution >= 0.6 is 11.6 Å². The fourth-order valence-corrected chi connectivity index (χ4v) is 9.13. The van der Waals surface area contributed by atoms with Crippen molar-refractivity contribution in [1.29, 1.82) is 0 Å². The van der Waals surface area contributed by atoms with Gasteiger partial charge in [-0.15, -0.1) is 11.6 Å². The predicted molar refractivity (Wildman–Crippen MR) is 117 cm³/mol. The van der Waals surface area contributed by atoms with Crippen LogP contribution in [0.5, 0.6) is 0 Å². The van der Waals surface area contributed by atoms with Gasteiger partial charge in [0.15, 0.2) is 0 Å². The molecule has 1 aliphatic heterocycles. The van der Waals surface area contributed by atoms with Gasteiger partial charge in [-0.1, -0.05) is 81.4 Å². The molecule has 0 spiro atoms. The van der Waals surface area contributed by atoms with Crippen LogP contribution in [-0.2, 0) is 9.16 Å². The van der Waals surface area contributed by atoms with Gasteiger partial charge in [-0.3, -0.25) is 0 Å². The third-order valence-electron chi connectivity index (χ3n) is 5.59. The molecule has 0 saturated carbocycles. The van der Waals surface area contributed by atoms with E-state index in [0.29, 0.717) is 13.2 Å². The molecule has 2 aromatic carbocycles. The summed E-state index contributed by atoms with van der Waals surface area (Å²) < 4.78 is 12.9. The van der Waals surface area contributed by atoms with Crippen molar-refractivity contribution in [3.8, 4) is 0 Å². The largest absolute Gasteiger partial charge is 0.407 e. The zero-order chi connectivity index (χ0) is 19.5. The van der Waals surface area contributed by atoms with E-state index >= 15 is 0 Å². The van der Waals surface area contributed by atoms with Gasteiger partial charge in [-0.05, 0) is 28.8 Å². The van der Waals surface area contributed by atoms with E-state index < -0.39 is 8.32 Å². The van der Waals surface area contributed by atoms with Crippen LogP contribution in [-0.4, -0.2) is 33.0 Å². The Morgan fingerprint density at radius 2 is 1.52 bits per heavy atom. The summed E-state index contributed by atoms with van der Waals surface area (Å²) in [6, 6.07) is 21.5. The molecule has 146 valence electrons. The Kier molecular flexibility index (Phi) is 6.47. The van der Waals surface area contributed by atoms with Gasteiger partial charge in [0.25, 0.3) is 8.32 Å². The molecule has 1 saturated heterocycles. The SMILES string of the molecule is C[C@@H]1C[C@H](Cl)[C@@H](CO[Si](c2ccccc2)(c2ccccc2)C(C)(C)C)CO1. The van der Waals surface area contributed by atoms with Gasteiger partial charge in [0.1, 0.15) is 0 Å². The zero-order valence-corrected chi connectivity index (χ0v) is 18.6. The van der Waals surface area contributed by atoms with Crippen LogP contribution in [0.25, 0.3) is 0 Å². The highest BCUT2D eigenvalue weighted by Gasteiger charge is 2.50. The van der Waals surface area contributed by atoms with Crippen molar-refractivity contribution in [1.82, 2.24) is 0 Å². The minimum Gasteiger partial charge on any atom is -0.407 e. The second-order valence-corrected chi connectivity index (χ2v) is 13.5. The van der Waals surface area contributed by atoms with Crippen molar-refractivity contribution in [2.24, 2.45) is 5.92 Å². The number of rotatable bonds is 5. The topological polar surface area (TPSA) is 18.5 Å². The number of hydrogen-bond acceptors (Lipinski definition) is 2. The first-order valence-electron chi connectivity index (χ1n) is 9.85. The van der Waals surface area contributed by atoms with E-state index in [1.54, 1.807) is 0 Å². The van der Waals surface area contributed by atoms with E-state index in [1.165, 1.54) is 10.4 Å². The molecule has 3 atom stereocenters. The van der Waals surface area contributed by atoms with Crippen LogP contribution < -0.4 is 10.4 Å². The van der Waals surface area contributed by atoms with E-state index in [-0.39, 0.29) is 22.4 Å². The molecule has 0 N–H and O–H groups in total. The molecule has 0 unspecified atom stereocenters. The van der Waals surface area contributed by atoms with Crippen LogP contribution in [0.1, 0.15) is 34.1 Å². The molecule has 1 aliphatic rings. The van der Waals surface area contributed by atoms with Gasteiger partial charge in [-0.2, -0.15) is 0 Å². The Morgan fingerprint density at radius 1 is 1.00 bits per heavy atom. The van der Waals surface area contributed by atoms with Crippen molar-refractivity contribution in [2.75, 3.05) is 13.2 Å². The fourth-order valence-electron chi connectivity index (χ4n) is 4.12. The molecule has 4 heteroatoms. The van der Waals surface area contributed by atoms with Crippen LogP contribution in [0.4, 0.5) is 0 Å². The summed E-state index contributed by atoms with van der Waals surface area (Å²) in [7, 11) is -2.49. The maximum absolute atomic E-state index is 6.99. The maximum Gasteiger partial charge on any atom is 0.261 e. The summed E-state index contributed by atoms with van der Waals surface area (Å²) in [6.07, 6.45) is 1.12. The molecule has 2 aromatic rings. The Bertz CT molecular complexity index is 675. The molecule has 3 rings (SSSR count). The van der Waals surface area contributed by atoms with Gasteiger partial charge in [0.05, 0.1) is 12.7 Å². The zero-order valence-electron chi connectivity index (χ0n) is 16.8. The summed E-state index contributed by atoms with van der Waals surface area (Å²) in [5.41, 5.74) is 0. The second-order valence-electron chi connectivity index (χ2n) is 8.63. The van der Waals surface area contributed by atoms with Crippen molar-refractivity contribution < 1.29 is 9.16 Å².